The van der Waals surface area contributed by atoms with Crippen molar-refractivity contribution < 1.29 is 27.5 Å². The van der Waals surface area contributed by atoms with E-state index in [9.17, 15) is 22.8 Å². The van der Waals surface area contributed by atoms with Gasteiger partial charge < -0.3 is 15.4 Å². The van der Waals surface area contributed by atoms with Crippen molar-refractivity contribution in [3.63, 3.8) is 0 Å². The van der Waals surface area contributed by atoms with E-state index in [1.165, 1.54) is 31.2 Å². The second-order valence-electron chi connectivity index (χ2n) is 5.48. The first kappa shape index (κ1) is 19.3. The maximum absolute atomic E-state index is 12.1. The Bertz CT molecular complexity index is 747. The summed E-state index contributed by atoms with van der Waals surface area (Å²) < 4.78 is 40.9. The highest BCUT2D eigenvalue weighted by molar-refractivity contribution is 6.00. The van der Waals surface area contributed by atoms with Gasteiger partial charge in [0.25, 0.3) is 5.91 Å². The third-order valence-corrected chi connectivity index (χ3v) is 3.30. The number of halogens is 3. The molecule has 0 aliphatic rings. The van der Waals surface area contributed by atoms with Crippen molar-refractivity contribution in [1.29, 1.82) is 0 Å². The molecule has 0 fully saturated rings. The van der Waals surface area contributed by atoms with Crippen LogP contribution in [0, 0.1) is 0 Å². The molecule has 0 saturated carbocycles. The Morgan fingerprint density at radius 2 is 1.65 bits per heavy atom. The van der Waals surface area contributed by atoms with Crippen LogP contribution >= 0.6 is 0 Å². The molecule has 1 atom stereocenters. The van der Waals surface area contributed by atoms with E-state index >= 15 is 0 Å². The Labute approximate surface area is 148 Å². The van der Waals surface area contributed by atoms with Crippen molar-refractivity contribution in [3.8, 4) is 5.75 Å². The summed E-state index contributed by atoms with van der Waals surface area (Å²) in [5.41, 5.74) is 0.800. The highest BCUT2D eigenvalue weighted by Gasteiger charge is 2.28. The molecule has 1 unspecified atom stereocenters. The number of ether oxygens (including phenoxy) is 1. The largest absolute Gasteiger partial charge is 0.484 e. The summed E-state index contributed by atoms with van der Waals surface area (Å²) in [4.78, 5) is 24.1. The van der Waals surface area contributed by atoms with Gasteiger partial charge in [-0.15, -0.1) is 0 Å². The Morgan fingerprint density at radius 1 is 1.04 bits per heavy atom. The highest BCUT2D eigenvalue weighted by Crippen LogP contribution is 2.20. The Hall–Kier alpha value is -3.03. The molecule has 0 bridgehead atoms. The van der Waals surface area contributed by atoms with E-state index in [0.29, 0.717) is 11.3 Å². The first-order chi connectivity index (χ1) is 12.2. The summed E-state index contributed by atoms with van der Waals surface area (Å²) in [5.74, 6) is -0.812. The van der Waals surface area contributed by atoms with Gasteiger partial charge in [0, 0.05) is 11.3 Å². The fourth-order valence-corrected chi connectivity index (χ4v) is 1.99. The lowest BCUT2D eigenvalue weighted by atomic mass is 10.2. The number of rotatable bonds is 6. The van der Waals surface area contributed by atoms with Gasteiger partial charge in [0.05, 0.1) is 0 Å². The zero-order valence-electron chi connectivity index (χ0n) is 13.8. The zero-order chi connectivity index (χ0) is 19.2. The summed E-state index contributed by atoms with van der Waals surface area (Å²) in [6.07, 6.45) is -4.42. The monoisotopic (exact) mass is 366 g/mol. The number of carbonyl (C=O) groups excluding carboxylic acids is 2. The van der Waals surface area contributed by atoms with Gasteiger partial charge in [-0.3, -0.25) is 9.59 Å². The molecule has 0 spiro atoms. The summed E-state index contributed by atoms with van der Waals surface area (Å²) >= 11 is 0. The lowest BCUT2D eigenvalue weighted by Crippen LogP contribution is -2.41. The number of amides is 2. The number of hydrogen-bond acceptors (Lipinski definition) is 3. The predicted octanol–water partition coefficient (Wildman–Crippen LogP) is 3.38. The molecule has 0 aliphatic carbocycles. The Morgan fingerprint density at radius 3 is 2.23 bits per heavy atom. The van der Waals surface area contributed by atoms with Gasteiger partial charge >= 0.3 is 6.18 Å². The molecule has 2 N–H and O–H groups in total. The van der Waals surface area contributed by atoms with Crippen molar-refractivity contribution >= 4 is 17.5 Å². The highest BCUT2D eigenvalue weighted by atomic mass is 19.4. The average Bonchev–Trinajstić information content (AvgIpc) is 2.61. The minimum absolute atomic E-state index is 0.0331. The van der Waals surface area contributed by atoms with E-state index in [2.05, 4.69) is 15.4 Å². The fraction of sp³-hybridized carbons (Fsp3) is 0.222. The van der Waals surface area contributed by atoms with Gasteiger partial charge in [-0.1, -0.05) is 18.2 Å². The lowest BCUT2D eigenvalue weighted by Gasteiger charge is -2.15. The number of carbonyl (C=O) groups is 2. The molecule has 0 aromatic heterocycles. The maximum atomic E-state index is 12.1. The van der Waals surface area contributed by atoms with Gasteiger partial charge in [0.15, 0.2) is 6.61 Å². The molecule has 5 nitrogen and oxygen atoms in total. The first-order valence-corrected chi connectivity index (χ1v) is 7.71. The Balaban J connectivity index is 1.87. The number of benzene rings is 2. The number of hydrogen-bond donors (Lipinski definition) is 2. The summed E-state index contributed by atoms with van der Waals surface area (Å²) in [6.45, 7) is 0.137. The topological polar surface area (TPSA) is 67.4 Å². The molecule has 138 valence electrons. The Kier molecular flexibility index (Phi) is 6.21. The van der Waals surface area contributed by atoms with Crippen LogP contribution in [0.25, 0.3) is 0 Å². The number of alkyl halides is 3. The third-order valence-electron chi connectivity index (χ3n) is 3.30. The van der Waals surface area contributed by atoms with Gasteiger partial charge in [0.2, 0.25) is 5.91 Å². The van der Waals surface area contributed by atoms with Crippen molar-refractivity contribution in [3.05, 3.63) is 60.2 Å². The third kappa shape index (κ3) is 6.12. The van der Waals surface area contributed by atoms with E-state index in [-0.39, 0.29) is 11.7 Å². The molecule has 8 heteroatoms. The van der Waals surface area contributed by atoms with E-state index in [1.807, 2.05) is 0 Å². The second-order valence-corrected chi connectivity index (χ2v) is 5.48. The van der Waals surface area contributed by atoms with Crippen LogP contribution in [0.5, 0.6) is 5.75 Å². The van der Waals surface area contributed by atoms with Crippen LogP contribution in [0.3, 0.4) is 0 Å². The van der Waals surface area contributed by atoms with Crippen LogP contribution in [0.1, 0.15) is 17.3 Å². The first-order valence-electron chi connectivity index (χ1n) is 7.71. The van der Waals surface area contributed by atoms with E-state index in [0.717, 1.165) is 0 Å². The molecular weight excluding hydrogens is 349 g/mol. The van der Waals surface area contributed by atoms with Crippen LogP contribution < -0.4 is 15.4 Å². The number of anilines is 1. The van der Waals surface area contributed by atoms with Gasteiger partial charge in [-0.25, -0.2) is 0 Å². The molecular formula is C18H17F3N2O3. The minimum Gasteiger partial charge on any atom is -0.484 e. The standard InChI is InChI=1S/C18H17F3N2O3/c1-12(22-17(25)13-5-3-2-4-6-13)16(24)23-14-7-9-15(10-8-14)26-11-18(19,20)21/h2-10,12H,11H2,1H3,(H,22,25)(H,23,24). The second kappa shape index (κ2) is 8.37. The SMILES string of the molecule is CC(NC(=O)c1ccccc1)C(=O)Nc1ccc(OCC(F)(F)F)cc1. The van der Waals surface area contributed by atoms with Crippen molar-refractivity contribution in [2.75, 3.05) is 11.9 Å². The van der Waals surface area contributed by atoms with Crippen molar-refractivity contribution in [2.24, 2.45) is 0 Å². The fourth-order valence-electron chi connectivity index (χ4n) is 1.99. The van der Waals surface area contributed by atoms with Crippen molar-refractivity contribution in [2.45, 2.75) is 19.1 Å². The molecule has 2 rings (SSSR count). The van der Waals surface area contributed by atoms with Gasteiger partial charge in [-0.05, 0) is 43.3 Å². The van der Waals surface area contributed by atoms with E-state index in [1.54, 1.807) is 30.3 Å². The summed E-state index contributed by atoms with van der Waals surface area (Å²) in [6, 6.07) is 13.1. The molecule has 2 aromatic rings. The summed E-state index contributed by atoms with van der Waals surface area (Å²) in [7, 11) is 0. The van der Waals surface area contributed by atoms with Crippen LogP contribution in [0.15, 0.2) is 54.6 Å². The normalized spacial score (nSPS) is 12.2. The molecule has 0 heterocycles. The summed E-state index contributed by atoms with van der Waals surface area (Å²) in [5, 5.41) is 5.13. The van der Waals surface area contributed by atoms with E-state index in [4.69, 9.17) is 0 Å². The molecule has 26 heavy (non-hydrogen) atoms. The van der Waals surface area contributed by atoms with Crippen LogP contribution in [-0.4, -0.2) is 30.6 Å². The van der Waals surface area contributed by atoms with Crippen LogP contribution in [-0.2, 0) is 4.79 Å². The molecule has 0 saturated heterocycles. The van der Waals surface area contributed by atoms with Gasteiger partial charge in [-0.2, -0.15) is 13.2 Å². The average molecular weight is 366 g/mol. The van der Waals surface area contributed by atoms with Crippen LogP contribution in [0.4, 0.5) is 18.9 Å². The molecule has 0 aliphatic heterocycles. The molecule has 0 radical (unpaired) electrons. The number of nitrogens with one attached hydrogen (secondary N) is 2. The molecule has 2 aromatic carbocycles. The van der Waals surface area contributed by atoms with Gasteiger partial charge in [0.1, 0.15) is 11.8 Å². The zero-order valence-corrected chi connectivity index (χ0v) is 13.8. The smallest absolute Gasteiger partial charge is 0.422 e. The predicted molar refractivity (Wildman–Crippen MR) is 90.0 cm³/mol. The quantitative estimate of drug-likeness (QED) is 0.824. The van der Waals surface area contributed by atoms with Crippen LogP contribution in [0.2, 0.25) is 0 Å². The van der Waals surface area contributed by atoms with Crippen molar-refractivity contribution in [1.82, 2.24) is 5.32 Å². The molecule has 2 amide bonds. The van der Waals surface area contributed by atoms with E-state index < -0.39 is 24.7 Å². The lowest BCUT2D eigenvalue weighted by molar-refractivity contribution is -0.153. The maximum Gasteiger partial charge on any atom is 0.422 e. The minimum atomic E-state index is -4.42.